The summed E-state index contributed by atoms with van der Waals surface area (Å²) >= 11 is 5.79. The highest BCUT2D eigenvalue weighted by atomic mass is 35.5. The number of nitrogens with zero attached hydrogens (tertiary/aromatic N) is 2. The summed E-state index contributed by atoms with van der Waals surface area (Å²) in [4.78, 5) is 2.43. The summed E-state index contributed by atoms with van der Waals surface area (Å²) in [6.45, 7) is 3.93. The Balaban J connectivity index is 1.86. The van der Waals surface area contributed by atoms with Gasteiger partial charge in [-0.1, -0.05) is 11.6 Å². The summed E-state index contributed by atoms with van der Waals surface area (Å²) in [5, 5.41) is 9.15. The number of halogens is 1. The van der Waals surface area contributed by atoms with Gasteiger partial charge in [0.1, 0.15) is 0 Å². The molecule has 2 rings (SSSR count). The van der Waals surface area contributed by atoms with Gasteiger partial charge in [-0.2, -0.15) is 4.31 Å². The fourth-order valence-electron chi connectivity index (χ4n) is 2.31. The molecule has 0 aromatic heterocycles. The molecule has 1 fully saturated rings. The molecule has 22 heavy (non-hydrogen) atoms. The van der Waals surface area contributed by atoms with E-state index in [4.69, 9.17) is 21.4 Å². The molecule has 1 aliphatic heterocycles. The van der Waals surface area contributed by atoms with Crippen molar-refractivity contribution >= 4 is 21.6 Å². The molecule has 1 aliphatic rings. The highest BCUT2D eigenvalue weighted by Crippen LogP contribution is 2.19. The molecule has 0 radical (unpaired) electrons. The molecule has 1 heterocycles. The normalized spacial score (nSPS) is 17.7. The molecule has 0 unspecified atom stereocenters. The van der Waals surface area contributed by atoms with Crippen LogP contribution in [0, 0.1) is 0 Å². The summed E-state index contributed by atoms with van der Waals surface area (Å²) in [6, 6.07) is 6.24. The third-order valence-corrected chi connectivity index (χ3v) is 5.73. The Labute approximate surface area is 136 Å². The SMILES string of the molecule is O=S(=O)(c1ccc(Cl)cc1)N1CCN(CCOCCO)CC1. The topological polar surface area (TPSA) is 70.1 Å². The summed E-state index contributed by atoms with van der Waals surface area (Å²) in [6.07, 6.45) is 0. The molecular formula is C14H21ClN2O4S. The van der Waals surface area contributed by atoms with Gasteiger partial charge >= 0.3 is 0 Å². The fraction of sp³-hybridized carbons (Fsp3) is 0.571. The van der Waals surface area contributed by atoms with Crippen LogP contribution in [0.15, 0.2) is 29.2 Å². The van der Waals surface area contributed by atoms with Crippen molar-refractivity contribution in [2.45, 2.75) is 4.90 Å². The van der Waals surface area contributed by atoms with Gasteiger partial charge in [0.15, 0.2) is 0 Å². The molecule has 1 saturated heterocycles. The third kappa shape index (κ3) is 4.65. The number of aliphatic hydroxyl groups excluding tert-OH is 1. The number of piperazine rings is 1. The van der Waals surface area contributed by atoms with Crippen molar-refractivity contribution < 1.29 is 18.3 Å². The van der Waals surface area contributed by atoms with Crippen LogP contribution < -0.4 is 0 Å². The molecule has 6 nitrogen and oxygen atoms in total. The Kier molecular flexibility index (Phi) is 6.61. The zero-order valence-electron chi connectivity index (χ0n) is 12.3. The first kappa shape index (κ1) is 17.7. The first-order chi connectivity index (χ1) is 10.5. The van der Waals surface area contributed by atoms with E-state index < -0.39 is 10.0 Å². The van der Waals surface area contributed by atoms with Crippen molar-refractivity contribution in [1.29, 1.82) is 0 Å². The van der Waals surface area contributed by atoms with E-state index in [1.165, 1.54) is 16.4 Å². The van der Waals surface area contributed by atoms with Crippen LogP contribution in [0.2, 0.25) is 5.02 Å². The van der Waals surface area contributed by atoms with Crippen molar-refractivity contribution in [3.05, 3.63) is 29.3 Å². The van der Waals surface area contributed by atoms with Gasteiger partial charge in [-0.25, -0.2) is 8.42 Å². The van der Waals surface area contributed by atoms with Crippen molar-refractivity contribution in [2.75, 3.05) is 52.5 Å². The van der Waals surface area contributed by atoms with E-state index in [1.54, 1.807) is 12.1 Å². The molecule has 1 aromatic rings. The maximum atomic E-state index is 12.5. The predicted octanol–water partition coefficient (Wildman–Crippen LogP) is 0.655. The van der Waals surface area contributed by atoms with Crippen LogP contribution in [0.5, 0.6) is 0 Å². The highest BCUT2D eigenvalue weighted by Gasteiger charge is 2.28. The summed E-state index contributed by atoms with van der Waals surface area (Å²) < 4.78 is 31.8. The van der Waals surface area contributed by atoms with E-state index in [1.807, 2.05) is 0 Å². The fourth-order valence-corrected chi connectivity index (χ4v) is 3.86. The van der Waals surface area contributed by atoms with E-state index in [2.05, 4.69) is 4.90 Å². The van der Waals surface area contributed by atoms with Gasteiger partial charge in [0.05, 0.1) is 24.7 Å². The van der Waals surface area contributed by atoms with Gasteiger partial charge in [-0.3, -0.25) is 4.90 Å². The van der Waals surface area contributed by atoms with Crippen LogP contribution in [0.4, 0.5) is 0 Å². The molecule has 0 amide bonds. The van der Waals surface area contributed by atoms with Crippen molar-refractivity contribution in [3.8, 4) is 0 Å². The van der Waals surface area contributed by atoms with Gasteiger partial charge in [0, 0.05) is 37.7 Å². The minimum atomic E-state index is -3.45. The Morgan fingerprint density at radius 1 is 1.09 bits per heavy atom. The van der Waals surface area contributed by atoms with Crippen LogP contribution >= 0.6 is 11.6 Å². The Morgan fingerprint density at radius 2 is 1.73 bits per heavy atom. The molecular weight excluding hydrogens is 328 g/mol. The maximum absolute atomic E-state index is 12.5. The lowest BCUT2D eigenvalue weighted by molar-refractivity contribution is 0.0661. The first-order valence-corrected chi connectivity index (χ1v) is 9.02. The van der Waals surface area contributed by atoms with Crippen molar-refractivity contribution in [1.82, 2.24) is 9.21 Å². The Hall–Kier alpha value is -0.700. The smallest absolute Gasteiger partial charge is 0.243 e. The number of benzene rings is 1. The quantitative estimate of drug-likeness (QED) is 0.733. The third-order valence-electron chi connectivity index (χ3n) is 3.57. The molecule has 0 spiro atoms. The summed E-state index contributed by atoms with van der Waals surface area (Å²) in [7, 11) is -3.45. The van der Waals surface area contributed by atoms with E-state index >= 15 is 0 Å². The lowest BCUT2D eigenvalue weighted by Gasteiger charge is -2.33. The minimum Gasteiger partial charge on any atom is -0.394 e. The van der Waals surface area contributed by atoms with Crippen LogP contribution in [-0.2, 0) is 14.8 Å². The zero-order valence-corrected chi connectivity index (χ0v) is 13.9. The van der Waals surface area contributed by atoms with E-state index in [0.717, 1.165) is 6.54 Å². The van der Waals surface area contributed by atoms with Gasteiger partial charge in [-0.15, -0.1) is 0 Å². The average molecular weight is 349 g/mol. The first-order valence-electron chi connectivity index (χ1n) is 7.21. The number of rotatable bonds is 7. The second kappa shape index (κ2) is 8.24. The molecule has 0 aliphatic carbocycles. The van der Waals surface area contributed by atoms with E-state index in [9.17, 15) is 8.42 Å². The number of ether oxygens (including phenoxy) is 1. The second-order valence-electron chi connectivity index (χ2n) is 5.04. The number of hydrogen-bond donors (Lipinski definition) is 1. The molecule has 1 aromatic carbocycles. The van der Waals surface area contributed by atoms with Crippen LogP contribution in [0.3, 0.4) is 0 Å². The van der Waals surface area contributed by atoms with Gasteiger partial charge in [-0.05, 0) is 24.3 Å². The Morgan fingerprint density at radius 3 is 2.32 bits per heavy atom. The molecule has 1 N–H and O–H groups in total. The molecule has 0 saturated carbocycles. The average Bonchev–Trinajstić information content (AvgIpc) is 2.52. The van der Waals surface area contributed by atoms with E-state index in [0.29, 0.717) is 44.4 Å². The maximum Gasteiger partial charge on any atom is 0.243 e. The van der Waals surface area contributed by atoms with Crippen LogP contribution in [0.25, 0.3) is 0 Å². The zero-order chi connectivity index (χ0) is 16.0. The largest absolute Gasteiger partial charge is 0.394 e. The van der Waals surface area contributed by atoms with Gasteiger partial charge in [0.25, 0.3) is 0 Å². The highest BCUT2D eigenvalue weighted by molar-refractivity contribution is 7.89. The van der Waals surface area contributed by atoms with Gasteiger partial charge in [0.2, 0.25) is 10.0 Å². The second-order valence-corrected chi connectivity index (χ2v) is 7.41. The molecule has 0 bridgehead atoms. The van der Waals surface area contributed by atoms with Crippen molar-refractivity contribution in [3.63, 3.8) is 0 Å². The number of hydrogen-bond acceptors (Lipinski definition) is 5. The summed E-state index contributed by atoms with van der Waals surface area (Å²) in [5.41, 5.74) is 0. The summed E-state index contributed by atoms with van der Waals surface area (Å²) in [5.74, 6) is 0. The van der Waals surface area contributed by atoms with E-state index in [-0.39, 0.29) is 11.5 Å². The molecule has 0 atom stereocenters. The lowest BCUT2D eigenvalue weighted by Crippen LogP contribution is -2.49. The number of sulfonamides is 1. The monoisotopic (exact) mass is 348 g/mol. The molecule has 8 heteroatoms. The number of aliphatic hydroxyl groups is 1. The predicted molar refractivity (Wildman–Crippen MR) is 84.6 cm³/mol. The molecule has 124 valence electrons. The van der Waals surface area contributed by atoms with Crippen LogP contribution in [0.1, 0.15) is 0 Å². The lowest BCUT2D eigenvalue weighted by atomic mass is 10.3. The van der Waals surface area contributed by atoms with Gasteiger partial charge < -0.3 is 9.84 Å². The minimum absolute atomic E-state index is 0.0209. The van der Waals surface area contributed by atoms with Crippen molar-refractivity contribution in [2.24, 2.45) is 0 Å². The Bertz CT molecular complexity index is 557. The van der Waals surface area contributed by atoms with Crippen LogP contribution in [-0.4, -0.2) is 75.3 Å². The standard InChI is InChI=1S/C14H21ClN2O4S/c15-13-1-3-14(4-2-13)22(19,20)17-7-5-16(6-8-17)9-11-21-12-10-18/h1-4,18H,5-12H2.